The largest absolute Gasteiger partial charge is 0.493 e. The summed E-state index contributed by atoms with van der Waals surface area (Å²) in [4.78, 5) is 23.3. The Morgan fingerprint density at radius 3 is 2.32 bits per heavy atom. The minimum absolute atomic E-state index is 0.0400. The molecule has 0 fully saturated rings. The molecule has 0 aliphatic heterocycles. The Bertz CT molecular complexity index is 702. The summed E-state index contributed by atoms with van der Waals surface area (Å²) < 4.78 is 10.6. The van der Waals surface area contributed by atoms with Gasteiger partial charge in [0.25, 0.3) is 5.91 Å². The van der Waals surface area contributed by atoms with Crippen LogP contribution in [0.5, 0.6) is 11.5 Å². The van der Waals surface area contributed by atoms with Crippen molar-refractivity contribution in [3.63, 3.8) is 0 Å². The molecule has 2 aromatic rings. The predicted octanol–water partition coefficient (Wildman–Crippen LogP) is 2.13. The van der Waals surface area contributed by atoms with E-state index in [2.05, 4.69) is 5.32 Å². The van der Waals surface area contributed by atoms with Gasteiger partial charge in [-0.3, -0.25) is 9.59 Å². The standard InChI is InChI=1S/C19H21NO5/c1-24-16-9-5-6-10-17(16)25-13-18(21)20-12-15(19(22)23)11-14-7-3-2-4-8-14/h2-10,15H,11-13H2,1H3,(H,20,21)(H,22,23). The van der Waals surface area contributed by atoms with Gasteiger partial charge in [-0.15, -0.1) is 0 Å². The van der Waals surface area contributed by atoms with Crippen LogP contribution in [0, 0.1) is 5.92 Å². The van der Waals surface area contributed by atoms with E-state index in [1.54, 1.807) is 24.3 Å². The van der Waals surface area contributed by atoms with Crippen LogP contribution in [0.4, 0.5) is 0 Å². The van der Waals surface area contributed by atoms with E-state index < -0.39 is 11.9 Å². The minimum atomic E-state index is -0.949. The zero-order valence-electron chi connectivity index (χ0n) is 14.0. The van der Waals surface area contributed by atoms with Crippen LogP contribution in [0.15, 0.2) is 54.6 Å². The minimum Gasteiger partial charge on any atom is -0.493 e. The molecule has 0 aromatic heterocycles. The summed E-state index contributed by atoms with van der Waals surface area (Å²) in [7, 11) is 1.52. The zero-order chi connectivity index (χ0) is 18.1. The molecule has 132 valence electrons. The molecule has 25 heavy (non-hydrogen) atoms. The molecule has 2 rings (SSSR count). The fraction of sp³-hybridized carbons (Fsp3) is 0.263. The van der Waals surface area contributed by atoms with Gasteiger partial charge in [-0.1, -0.05) is 42.5 Å². The number of hydrogen-bond donors (Lipinski definition) is 2. The maximum absolute atomic E-state index is 11.9. The number of amides is 1. The van der Waals surface area contributed by atoms with Crippen LogP contribution in [-0.4, -0.2) is 37.2 Å². The lowest BCUT2D eigenvalue weighted by Crippen LogP contribution is -2.36. The Morgan fingerprint density at radius 1 is 1.04 bits per heavy atom. The fourth-order valence-corrected chi connectivity index (χ4v) is 2.31. The van der Waals surface area contributed by atoms with E-state index >= 15 is 0 Å². The van der Waals surface area contributed by atoms with Crippen molar-refractivity contribution in [2.75, 3.05) is 20.3 Å². The number of methoxy groups -OCH3 is 1. The third kappa shape index (κ3) is 5.84. The summed E-state index contributed by atoms with van der Waals surface area (Å²) in [6.07, 6.45) is 0.351. The first kappa shape index (κ1) is 18.3. The molecule has 0 saturated heterocycles. The van der Waals surface area contributed by atoms with Crippen molar-refractivity contribution in [3.05, 3.63) is 60.2 Å². The Hall–Kier alpha value is -3.02. The summed E-state index contributed by atoms with van der Waals surface area (Å²) in [5.41, 5.74) is 0.912. The number of aliphatic carboxylic acids is 1. The lowest BCUT2D eigenvalue weighted by molar-refractivity contribution is -0.141. The molecule has 0 aliphatic rings. The topological polar surface area (TPSA) is 84.9 Å². The van der Waals surface area contributed by atoms with Crippen LogP contribution in [0.1, 0.15) is 5.56 Å². The Balaban J connectivity index is 1.83. The van der Waals surface area contributed by atoms with Crippen LogP contribution >= 0.6 is 0 Å². The van der Waals surface area contributed by atoms with Gasteiger partial charge >= 0.3 is 5.97 Å². The molecule has 1 amide bonds. The number of carboxylic acid groups (broad SMARTS) is 1. The van der Waals surface area contributed by atoms with Gasteiger partial charge in [-0.2, -0.15) is 0 Å². The number of para-hydroxylation sites is 2. The van der Waals surface area contributed by atoms with Crippen molar-refractivity contribution in [2.45, 2.75) is 6.42 Å². The summed E-state index contributed by atoms with van der Waals surface area (Å²) in [5.74, 6) is -1.04. The van der Waals surface area contributed by atoms with E-state index in [-0.39, 0.29) is 19.1 Å². The van der Waals surface area contributed by atoms with Crippen molar-refractivity contribution >= 4 is 11.9 Å². The number of benzene rings is 2. The molecule has 0 heterocycles. The molecular formula is C19H21NO5. The number of carboxylic acids is 1. The van der Waals surface area contributed by atoms with Crippen molar-refractivity contribution in [3.8, 4) is 11.5 Å². The monoisotopic (exact) mass is 343 g/mol. The molecule has 6 heteroatoms. The van der Waals surface area contributed by atoms with Crippen LogP contribution in [0.3, 0.4) is 0 Å². The lowest BCUT2D eigenvalue weighted by Gasteiger charge is -2.14. The maximum Gasteiger partial charge on any atom is 0.308 e. The van der Waals surface area contributed by atoms with Crippen molar-refractivity contribution in [1.82, 2.24) is 5.32 Å². The van der Waals surface area contributed by atoms with Gasteiger partial charge in [0.05, 0.1) is 13.0 Å². The number of ether oxygens (including phenoxy) is 2. The van der Waals surface area contributed by atoms with Crippen LogP contribution in [-0.2, 0) is 16.0 Å². The average Bonchev–Trinajstić information content (AvgIpc) is 2.64. The molecule has 0 aliphatic carbocycles. The van der Waals surface area contributed by atoms with E-state index in [0.717, 1.165) is 5.56 Å². The predicted molar refractivity (Wildman–Crippen MR) is 92.8 cm³/mol. The van der Waals surface area contributed by atoms with Gasteiger partial charge in [0.2, 0.25) is 0 Å². The Labute approximate surface area is 146 Å². The van der Waals surface area contributed by atoms with Gasteiger partial charge < -0.3 is 19.9 Å². The number of carbonyl (C=O) groups is 2. The van der Waals surface area contributed by atoms with Crippen LogP contribution in [0.25, 0.3) is 0 Å². The molecule has 0 saturated carbocycles. The third-order valence-electron chi connectivity index (χ3n) is 3.65. The first-order chi connectivity index (χ1) is 12.1. The Morgan fingerprint density at radius 2 is 1.68 bits per heavy atom. The maximum atomic E-state index is 11.9. The van der Waals surface area contributed by atoms with E-state index in [4.69, 9.17) is 9.47 Å². The molecule has 1 unspecified atom stereocenters. The molecule has 6 nitrogen and oxygen atoms in total. The zero-order valence-corrected chi connectivity index (χ0v) is 14.0. The van der Waals surface area contributed by atoms with E-state index in [1.165, 1.54) is 7.11 Å². The highest BCUT2D eigenvalue weighted by atomic mass is 16.5. The second-order valence-electron chi connectivity index (χ2n) is 5.47. The van der Waals surface area contributed by atoms with Gasteiger partial charge in [0, 0.05) is 6.54 Å². The highest BCUT2D eigenvalue weighted by Gasteiger charge is 2.19. The van der Waals surface area contributed by atoms with Crippen molar-refractivity contribution in [1.29, 1.82) is 0 Å². The van der Waals surface area contributed by atoms with Gasteiger partial charge in [0.15, 0.2) is 18.1 Å². The SMILES string of the molecule is COc1ccccc1OCC(=O)NCC(Cc1ccccc1)C(=O)O. The second-order valence-corrected chi connectivity index (χ2v) is 5.47. The first-order valence-corrected chi connectivity index (χ1v) is 7.89. The van der Waals surface area contributed by atoms with E-state index in [1.807, 2.05) is 30.3 Å². The smallest absolute Gasteiger partial charge is 0.308 e. The number of carbonyl (C=O) groups excluding carboxylic acids is 1. The third-order valence-corrected chi connectivity index (χ3v) is 3.65. The van der Waals surface area contributed by atoms with E-state index in [0.29, 0.717) is 17.9 Å². The summed E-state index contributed by atoms with van der Waals surface area (Å²) in [5, 5.41) is 11.9. The highest BCUT2D eigenvalue weighted by Crippen LogP contribution is 2.25. The van der Waals surface area contributed by atoms with Gasteiger partial charge in [-0.25, -0.2) is 0 Å². The molecule has 0 bridgehead atoms. The quantitative estimate of drug-likeness (QED) is 0.729. The van der Waals surface area contributed by atoms with E-state index in [9.17, 15) is 14.7 Å². The molecule has 0 spiro atoms. The average molecular weight is 343 g/mol. The van der Waals surface area contributed by atoms with Crippen molar-refractivity contribution in [2.24, 2.45) is 5.92 Å². The molecule has 1 atom stereocenters. The van der Waals surface area contributed by atoms with Crippen molar-refractivity contribution < 1.29 is 24.2 Å². The number of rotatable bonds is 9. The molecule has 2 N–H and O–H groups in total. The Kier molecular flexibility index (Phi) is 6.83. The summed E-state index contributed by atoms with van der Waals surface area (Å²) in [6.45, 7) is -0.170. The second kappa shape index (κ2) is 9.32. The lowest BCUT2D eigenvalue weighted by atomic mass is 9.99. The molecule has 0 radical (unpaired) electrons. The number of nitrogens with one attached hydrogen (secondary N) is 1. The molecular weight excluding hydrogens is 322 g/mol. The van der Waals surface area contributed by atoms with Crippen LogP contribution in [0.2, 0.25) is 0 Å². The van der Waals surface area contributed by atoms with Gasteiger partial charge in [0.1, 0.15) is 0 Å². The number of hydrogen-bond acceptors (Lipinski definition) is 4. The van der Waals surface area contributed by atoms with Crippen LogP contribution < -0.4 is 14.8 Å². The van der Waals surface area contributed by atoms with Gasteiger partial charge in [-0.05, 0) is 24.1 Å². The molecule has 2 aromatic carbocycles. The normalized spacial score (nSPS) is 11.4. The highest BCUT2D eigenvalue weighted by molar-refractivity contribution is 5.78. The first-order valence-electron chi connectivity index (χ1n) is 7.89. The summed E-state index contributed by atoms with van der Waals surface area (Å²) in [6, 6.07) is 16.3. The fourth-order valence-electron chi connectivity index (χ4n) is 2.31. The summed E-state index contributed by atoms with van der Waals surface area (Å²) >= 11 is 0.